The predicted molar refractivity (Wildman–Crippen MR) is 82.6 cm³/mol. The van der Waals surface area contributed by atoms with Crippen molar-refractivity contribution in [2.75, 3.05) is 26.3 Å². The molecule has 0 aromatic rings. The van der Waals surface area contributed by atoms with Crippen LogP contribution in [-0.4, -0.2) is 43.2 Å². The monoisotopic (exact) mass is 284 g/mol. The summed E-state index contributed by atoms with van der Waals surface area (Å²) < 4.78 is 5.32. The number of amides is 1. The summed E-state index contributed by atoms with van der Waals surface area (Å²) in [5, 5.41) is 0. The summed E-state index contributed by atoms with van der Waals surface area (Å²) in [6.07, 6.45) is 9.85. The average Bonchev–Trinajstić information content (AvgIpc) is 2.73. The molecule has 1 aliphatic rings. The number of carbonyl (C=O) groups excluding carboxylic acids is 1. The molecule has 0 aromatic heterocycles. The zero-order chi connectivity index (χ0) is 14.6. The second-order valence-corrected chi connectivity index (χ2v) is 5.68. The van der Waals surface area contributed by atoms with Gasteiger partial charge >= 0.3 is 0 Å². The summed E-state index contributed by atoms with van der Waals surface area (Å²) in [6, 6.07) is 0.448. The zero-order valence-corrected chi connectivity index (χ0v) is 13.1. The number of nitrogens with two attached hydrogens (primary N) is 1. The van der Waals surface area contributed by atoms with Gasteiger partial charge in [-0.25, -0.2) is 0 Å². The van der Waals surface area contributed by atoms with Crippen molar-refractivity contribution in [1.29, 1.82) is 0 Å². The number of rotatable bonds is 9. The van der Waals surface area contributed by atoms with E-state index in [0.717, 1.165) is 26.0 Å². The Morgan fingerprint density at radius 2 is 1.90 bits per heavy atom. The molecule has 1 fully saturated rings. The van der Waals surface area contributed by atoms with Gasteiger partial charge in [0.2, 0.25) is 5.91 Å². The van der Waals surface area contributed by atoms with Crippen molar-refractivity contribution in [3.05, 3.63) is 0 Å². The molecule has 1 amide bonds. The van der Waals surface area contributed by atoms with Crippen LogP contribution in [0.3, 0.4) is 0 Å². The van der Waals surface area contributed by atoms with Gasteiger partial charge in [-0.3, -0.25) is 4.79 Å². The van der Waals surface area contributed by atoms with Crippen LogP contribution < -0.4 is 5.73 Å². The van der Waals surface area contributed by atoms with E-state index >= 15 is 0 Å². The van der Waals surface area contributed by atoms with Gasteiger partial charge in [-0.1, -0.05) is 25.7 Å². The van der Waals surface area contributed by atoms with Crippen molar-refractivity contribution >= 4 is 5.91 Å². The molecular weight excluding hydrogens is 252 g/mol. The van der Waals surface area contributed by atoms with Gasteiger partial charge in [0.05, 0.1) is 0 Å². The molecule has 4 nitrogen and oxygen atoms in total. The molecular formula is C16H32N2O2. The van der Waals surface area contributed by atoms with E-state index in [-0.39, 0.29) is 0 Å². The van der Waals surface area contributed by atoms with E-state index in [2.05, 4.69) is 4.90 Å². The molecule has 0 aromatic carbocycles. The Kier molecular flexibility index (Phi) is 9.67. The van der Waals surface area contributed by atoms with Gasteiger partial charge in [-0.15, -0.1) is 0 Å². The molecule has 4 heteroatoms. The summed E-state index contributed by atoms with van der Waals surface area (Å²) in [5.74, 6) is 0.296. The van der Waals surface area contributed by atoms with E-state index in [4.69, 9.17) is 10.5 Å². The van der Waals surface area contributed by atoms with Crippen LogP contribution in [0.25, 0.3) is 0 Å². The van der Waals surface area contributed by atoms with Crippen molar-refractivity contribution in [1.82, 2.24) is 4.90 Å². The third-order valence-corrected chi connectivity index (χ3v) is 4.07. The Bertz CT molecular complexity index is 251. The molecule has 118 valence electrons. The summed E-state index contributed by atoms with van der Waals surface area (Å²) >= 11 is 0. The Morgan fingerprint density at radius 3 is 2.50 bits per heavy atom. The molecule has 0 unspecified atom stereocenters. The molecule has 20 heavy (non-hydrogen) atoms. The summed E-state index contributed by atoms with van der Waals surface area (Å²) in [5.41, 5.74) is 5.62. The first-order valence-corrected chi connectivity index (χ1v) is 8.36. The maximum atomic E-state index is 12.5. The fraction of sp³-hybridized carbons (Fsp3) is 0.938. The minimum atomic E-state index is 0.296. The lowest BCUT2D eigenvalue weighted by Gasteiger charge is -2.31. The van der Waals surface area contributed by atoms with E-state index in [1.165, 1.54) is 38.5 Å². The molecule has 2 N–H and O–H groups in total. The van der Waals surface area contributed by atoms with Gasteiger partial charge in [0, 0.05) is 32.2 Å². The Hall–Kier alpha value is -0.610. The maximum Gasteiger partial charge on any atom is 0.222 e. The largest absolute Gasteiger partial charge is 0.382 e. The maximum absolute atomic E-state index is 12.5. The Morgan fingerprint density at radius 1 is 1.20 bits per heavy atom. The number of hydrogen-bond acceptors (Lipinski definition) is 3. The lowest BCUT2D eigenvalue weighted by Crippen LogP contribution is -2.41. The van der Waals surface area contributed by atoms with Crippen LogP contribution in [0.4, 0.5) is 0 Å². The molecule has 0 saturated heterocycles. The number of carbonyl (C=O) groups is 1. The molecule has 0 atom stereocenters. The number of hydrogen-bond donors (Lipinski definition) is 1. The lowest BCUT2D eigenvalue weighted by atomic mass is 10.1. The summed E-state index contributed by atoms with van der Waals surface area (Å²) in [7, 11) is 0. The van der Waals surface area contributed by atoms with Gasteiger partial charge in [0.25, 0.3) is 0 Å². The first-order chi connectivity index (χ1) is 9.79. The highest BCUT2D eigenvalue weighted by Gasteiger charge is 2.23. The lowest BCUT2D eigenvalue weighted by molar-refractivity contribution is -0.134. The third kappa shape index (κ3) is 6.71. The van der Waals surface area contributed by atoms with Gasteiger partial charge in [-0.05, 0) is 39.2 Å². The SMILES string of the molecule is CCOCCCC(=O)N(CCCN)C1CCCCCC1. The highest BCUT2D eigenvalue weighted by Crippen LogP contribution is 2.23. The highest BCUT2D eigenvalue weighted by molar-refractivity contribution is 5.76. The van der Waals surface area contributed by atoms with Crippen molar-refractivity contribution in [3.8, 4) is 0 Å². The molecule has 1 aliphatic carbocycles. The van der Waals surface area contributed by atoms with Crippen LogP contribution in [0.5, 0.6) is 0 Å². The van der Waals surface area contributed by atoms with E-state index in [1.54, 1.807) is 0 Å². The first kappa shape index (κ1) is 17.4. The Labute approximate surface area is 124 Å². The predicted octanol–water partition coefficient (Wildman–Crippen LogP) is 2.70. The quantitative estimate of drug-likeness (QED) is 0.523. The van der Waals surface area contributed by atoms with Crippen molar-refractivity contribution < 1.29 is 9.53 Å². The van der Waals surface area contributed by atoms with Crippen molar-refractivity contribution in [2.24, 2.45) is 5.73 Å². The summed E-state index contributed by atoms with van der Waals surface area (Å²) in [6.45, 7) is 4.90. The highest BCUT2D eigenvalue weighted by atomic mass is 16.5. The third-order valence-electron chi connectivity index (χ3n) is 4.07. The topological polar surface area (TPSA) is 55.6 Å². The van der Waals surface area contributed by atoms with Gasteiger partial charge < -0.3 is 15.4 Å². The standard InChI is InChI=1S/C16H32N2O2/c1-2-20-14-7-11-16(19)18(13-8-12-17)15-9-5-3-4-6-10-15/h15H,2-14,17H2,1H3. The van der Waals surface area contributed by atoms with Crippen LogP contribution in [0, 0.1) is 0 Å². The van der Waals surface area contributed by atoms with Gasteiger partial charge in [0.1, 0.15) is 0 Å². The minimum absolute atomic E-state index is 0.296. The number of nitrogens with zero attached hydrogens (tertiary/aromatic N) is 1. The van der Waals surface area contributed by atoms with E-state index in [9.17, 15) is 4.79 Å². The zero-order valence-electron chi connectivity index (χ0n) is 13.1. The van der Waals surface area contributed by atoms with E-state index in [0.29, 0.717) is 31.5 Å². The fourth-order valence-corrected chi connectivity index (χ4v) is 2.96. The molecule has 0 radical (unpaired) electrons. The molecule has 1 saturated carbocycles. The summed E-state index contributed by atoms with van der Waals surface area (Å²) in [4.78, 5) is 14.6. The van der Waals surface area contributed by atoms with Crippen molar-refractivity contribution in [3.63, 3.8) is 0 Å². The molecule has 1 rings (SSSR count). The van der Waals surface area contributed by atoms with E-state index in [1.807, 2.05) is 6.92 Å². The second kappa shape index (κ2) is 11.1. The van der Waals surface area contributed by atoms with Crippen LogP contribution >= 0.6 is 0 Å². The first-order valence-electron chi connectivity index (χ1n) is 8.36. The van der Waals surface area contributed by atoms with Crippen LogP contribution in [0.1, 0.15) is 64.7 Å². The van der Waals surface area contributed by atoms with Crippen molar-refractivity contribution in [2.45, 2.75) is 70.8 Å². The van der Waals surface area contributed by atoms with E-state index < -0.39 is 0 Å². The van der Waals surface area contributed by atoms with Crippen LogP contribution in [-0.2, 0) is 9.53 Å². The fourth-order valence-electron chi connectivity index (χ4n) is 2.96. The van der Waals surface area contributed by atoms with Gasteiger partial charge in [0.15, 0.2) is 0 Å². The minimum Gasteiger partial charge on any atom is -0.382 e. The molecule has 0 spiro atoms. The normalized spacial score (nSPS) is 16.9. The number of ether oxygens (including phenoxy) is 1. The molecule has 0 heterocycles. The second-order valence-electron chi connectivity index (χ2n) is 5.68. The molecule has 0 bridgehead atoms. The van der Waals surface area contributed by atoms with Crippen LogP contribution in [0.2, 0.25) is 0 Å². The molecule has 0 aliphatic heterocycles. The van der Waals surface area contributed by atoms with Gasteiger partial charge in [-0.2, -0.15) is 0 Å². The Balaban J connectivity index is 2.45. The average molecular weight is 284 g/mol. The van der Waals surface area contributed by atoms with Crippen LogP contribution in [0.15, 0.2) is 0 Å². The smallest absolute Gasteiger partial charge is 0.222 e.